The maximum atomic E-state index is 15.0. The molecule has 3 saturated carbocycles. The molecule has 5 aliphatic rings. The Bertz CT molecular complexity index is 1580. The zero-order valence-corrected chi connectivity index (χ0v) is 27.8. The number of carbonyl (C=O) groups excluding carboxylic acids is 5. The second-order valence-corrected chi connectivity index (χ2v) is 14.9. The molecule has 1 aromatic heterocycles. The van der Waals surface area contributed by atoms with Gasteiger partial charge in [0.2, 0.25) is 0 Å². The van der Waals surface area contributed by atoms with Gasteiger partial charge in [0.1, 0.15) is 23.9 Å². The number of methoxy groups -OCH3 is 1. The van der Waals surface area contributed by atoms with Crippen LogP contribution in [0.4, 0.5) is 0 Å². The highest BCUT2D eigenvalue weighted by molar-refractivity contribution is 6.00. The van der Waals surface area contributed by atoms with Crippen LogP contribution in [0.15, 0.2) is 34.7 Å². The zero-order chi connectivity index (χ0) is 34.7. The van der Waals surface area contributed by atoms with Crippen LogP contribution in [0.3, 0.4) is 0 Å². The van der Waals surface area contributed by atoms with Crippen LogP contribution < -0.4 is 0 Å². The molecule has 3 aliphatic carbocycles. The molecule has 0 unspecified atom stereocenters. The van der Waals surface area contributed by atoms with Crippen molar-refractivity contribution >= 4 is 29.7 Å². The largest absolute Gasteiger partial charge is 0.472 e. The number of rotatable bonds is 6. The molecule has 13 nitrogen and oxygen atoms in total. The lowest BCUT2D eigenvalue weighted by Crippen LogP contribution is -2.83. The Morgan fingerprint density at radius 3 is 2.36 bits per heavy atom. The lowest BCUT2D eigenvalue weighted by atomic mass is 9.35. The number of ether oxygens (including phenoxy) is 5. The second-order valence-electron chi connectivity index (χ2n) is 14.9. The molecule has 1 aromatic rings. The Balaban J connectivity index is 1.61. The van der Waals surface area contributed by atoms with Crippen molar-refractivity contribution in [1.29, 1.82) is 0 Å². The van der Waals surface area contributed by atoms with Gasteiger partial charge in [-0.05, 0) is 32.8 Å². The van der Waals surface area contributed by atoms with Crippen LogP contribution >= 0.6 is 0 Å². The number of ketones is 1. The number of hydrogen-bond acceptors (Lipinski definition) is 13. The van der Waals surface area contributed by atoms with Crippen LogP contribution in [0.2, 0.25) is 0 Å². The highest BCUT2D eigenvalue weighted by Crippen LogP contribution is 2.79. The van der Waals surface area contributed by atoms with Gasteiger partial charge in [0.15, 0.2) is 11.4 Å². The highest BCUT2D eigenvalue weighted by Gasteiger charge is 2.92. The van der Waals surface area contributed by atoms with Crippen molar-refractivity contribution in [2.75, 3.05) is 7.11 Å². The third-order valence-corrected chi connectivity index (χ3v) is 12.1. The molecule has 2 aliphatic heterocycles. The predicted octanol–water partition coefficient (Wildman–Crippen LogP) is 2.72. The number of carbonyl (C=O) groups is 5. The van der Waals surface area contributed by atoms with E-state index in [0.717, 1.165) is 14.0 Å². The topological polar surface area (TPSA) is 188 Å². The maximum absolute atomic E-state index is 15.0. The van der Waals surface area contributed by atoms with Gasteiger partial charge in [-0.25, -0.2) is 9.59 Å². The van der Waals surface area contributed by atoms with Crippen molar-refractivity contribution in [3.8, 4) is 0 Å². The number of hydrogen-bond donors (Lipinski definition) is 2. The molecule has 13 heteroatoms. The average Bonchev–Trinajstić information content (AvgIpc) is 3.49. The van der Waals surface area contributed by atoms with Gasteiger partial charge in [0, 0.05) is 46.1 Å². The summed E-state index contributed by atoms with van der Waals surface area (Å²) in [5.74, 6) is -10.7. The first-order valence-corrected chi connectivity index (χ1v) is 15.8. The Labute approximate surface area is 271 Å². The minimum Gasteiger partial charge on any atom is -0.472 e. The number of esters is 4. The smallest absolute Gasteiger partial charge is 0.379 e. The Morgan fingerprint density at radius 2 is 1.79 bits per heavy atom. The Hall–Kier alpha value is -3.55. The molecule has 11 atom stereocenters. The van der Waals surface area contributed by atoms with Crippen LogP contribution in [0.5, 0.6) is 0 Å². The van der Waals surface area contributed by atoms with Crippen molar-refractivity contribution in [3.05, 3.63) is 35.8 Å². The van der Waals surface area contributed by atoms with Gasteiger partial charge in [0.25, 0.3) is 0 Å². The first-order chi connectivity index (χ1) is 21.8. The van der Waals surface area contributed by atoms with E-state index in [1.54, 1.807) is 13.0 Å². The van der Waals surface area contributed by atoms with Crippen molar-refractivity contribution < 1.29 is 62.3 Å². The summed E-state index contributed by atoms with van der Waals surface area (Å²) in [6, 6.07) is 1.71. The molecule has 0 radical (unpaired) electrons. The highest BCUT2D eigenvalue weighted by atomic mass is 16.7. The van der Waals surface area contributed by atoms with Crippen molar-refractivity contribution in [2.24, 2.45) is 34.0 Å². The summed E-state index contributed by atoms with van der Waals surface area (Å²) in [4.78, 5) is 67.7. The van der Waals surface area contributed by atoms with Gasteiger partial charge in [-0.3, -0.25) is 14.4 Å². The number of Topliss-reactive ketones (excluding diaryl/α,β-unsaturated/α-hetero) is 1. The summed E-state index contributed by atoms with van der Waals surface area (Å²) >= 11 is 0. The van der Waals surface area contributed by atoms with Gasteiger partial charge in [-0.2, -0.15) is 0 Å². The first kappa shape index (κ1) is 33.4. The second kappa shape index (κ2) is 10.2. The molecule has 2 N–H and O–H groups in total. The maximum Gasteiger partial charge on any atom is 0.379 e. The summed E-state index contributed by atoms with van der Waals surface area (Å²) in [7, 11) is 0.998. The number of fused-ring (bicyclic) bond motifs is 5. The third kappa shape index (κ3) is 4.02. The Kier molecular flexibility index (Phi) is 7.26. The van der Waals surface area contributed by atoms with Crippen LogP contribution in [0.25, 0.3) is 0 Å². The molecular weight excluding hydrogens is 616 g/mol. The third-order valence-electron chi connectivity index (χ3n) is 12.1. The van der Waals surface area contributed by atoms with E-state index < -0.39 is 99.0 Å². The fraction of sp³-hybridized carbons (Fsp3) is 0.676. The van der Waals surface area contributed by atoms with E-state index in [4.69, 9.17) is 28.1 Å². The van der Waals surface area contributed by atoms with Crippen molar-refractivity contribution in [1.82, 2.24) is 0 Å². The van der Waals surface area contributed by atoms with Crippen molar-refractivity contribution in [2.45, 2.75) is 103 Å². The van der Waals surface area contributed by atoms with E-state index in [-0.39, 0.29) is 18.4 Å². The minimum absolute atomic E-state index is 0.111. The average molecular weight is 659 g/mol. The zero-order valence-electron chi connectivity index (χ0n) is 27.8. The molecule has 2 bridgehead atoms. The molecule has 256 valence electrons. The van der Waals surface area contributed by atoms with Gasteiger partial charge in [-0.1, -0.05) is 33.8 Å². The molecule has 2 saturated heterocycles. The SMILES string of the molecule is C/C=C(\C)C(=O)O[C@H]1C(C)(C)[C@H]([C@@](O)(OC(C)=O)C(=O)OC)[C@]2(C)C(=O)[C@@]1(O)[C@H]1O[C@]13[C@@H]1CC(=O)O[C@@H](c4ccoc4)[C@]1(C)CC[C@H]23. The molecule has 47 heavy (non-hydrogen) atoms. The quantitative estimate of drug-likeness (QED) is 0.149. The van der Waals surface area contributed by atoms with Crippen LogP contribution in [0, 0.1) is 34.0 Å². The lowest BCUT2D eigenvalue weighted by Gasteiger charge is -2.67. The molecular formula is C34H42O13. The van der Waals surface area contributed by atoms with Gasteiger partial charge in [-0.15, -0.1) is 0 Å². The minimum atomic E-state index is -3.06. The fourth-order valence-electron chi connectivity index (χ4n) is 10.4. The van der Waals surface area contributed by atoms with Crippen LogP contribution in [-0.4, -0.2) is 76.2 Å². The molecule has 3 heterocycles. The lowest BCUT2D eigenvalue weighted by molar-refractivity contribution is -0.312. The normalized spacial score (nSPS) is 42.8. The van der Waals surface area contributed by atoms with E-state index in [1.165, 1.54) is 46.3 Å². The van der Waals surface area contributed by atoms with Gasteiger partial charge >= 0.3 is 29.7 Å². The van der Waals surface area contributed by atoms with Crippen LogP contribution in [0.1, 0.15) is 79.4 Å². The molecule has 5 fully saturated rings. The monoisotopic (exact) mass is 658 g/mol. The van der Waals surface area contributed by atoms with E-state index in [9.17, 15) is 29.4 Å². The summed E-state index contributed by atoms with van der Waals surface area (Å²) in [5.41, 5.74) is -7.30. The van der Waals surface area contributed by atoms with Gasteiger partial charge in [0.05, 0.1) is 32.0 Å². The molecule has 0 amide bonds. The van der Waals surface area contributed by atoms with Gasteiger partial charge < -0.3 is 38.3 Å². The predicted molar refractivity (Wildman–Crippen MR) is 157 cm³/mol. The summed E-state index contributed by atoms with van der Waals surface area (Å²) in [6.45, 7) is 10.6. The number of aliphatic hydroxyl groups is 2. The summed E-state index contributed by atoms with van der Waals surface area (Å²) in [6.07, 6.45) is 1.39. The number of furan rings is 1. The molecule has 1 spiro atoms. The summed E-state index contributed by atoms with van der Waals surface area (Å²) < 4.78 is 34.1. The first-order valence-electron chi connectivity index (χ1n) is 15.8. The van der Waals surface area contributed by atoms with E-state index >= 15 is 4.79 Å². The number of epoxide rings is 1. The summed E-state index contributed by atoms with van der Waals surface area (Å²) in [5, 5.41) is 25.1. The van der Waals surface area contributed by atoms with E-state index in [1.807, 2.05) is 6.92 Å². The molecule has 6 rings (SSSR count). The standard InChI is InChI=1S/C34H42O13/c1-9-16(2)23(37)45-26-29(4,5)24(34(41,28(39)42-8)46-17(3)35)31(7)19-10-12-30(6)20(33(19)27(47-33)32(26,40)25(31)38)14-21(36)44-22(30)18-11-13-43-15-18/h9,11,13,15,19-20,22,24,26-27,40-41H,10,12,14H2,1-8H3/b16-9+/t19-,20-,22+,24+,26+,27-,30-,31-,32+,33-,34-/m1/s1. The van der Waals surface area contributed by atoms with Crippen LogP contribution in [-0.2, 0) is 47.7 Å². The fourth-order valence-corrected chi connectivity index (χ4v) is 10.4. The Morgan fingerprint density at radius 1 is 1.11 bits per heavy atom. The van der Waals surface area contributed by atoms with Crippen molar-refractivity contribution in [3.63, 3.8) is 0 Å². The molecule has 0 aromatic carbocycles. The van der Waals surface area contributed by atoms with E-state index in [0.29, 0.717) is 12.0 Å². The number of cyclic esters (lactones) is 1. The van der Waals surface area contributed by atoms with E-state index in [2.05, 4.69) is 0 Å². The number of allylic oxidation sites excluding steroid dienone is 1.